The van der Waals surface area contributed by atoms with Crippen molar-refractivity contribution < 1.29 is 4.74 Å². The summed E-state index contributed by atoms with van der Waals surface area (Å²) in [5, 5.41) is 3.37. The molecule has 0 unspecified atom stereocenters. The van der Waals surface area contributed by atoms with E-state index in [2.05, 4.69) is 48.0 Å². The Hall–Kier alpha value is -1.10. The standard InChI is InChI=1S/C13H23ClN4O/c1-6-19-13-17-11(14)16-12(18-13)15-7-10(8(2)3)9(4)5/h8-10H,6-7H2,1-5H3,(H,15,16,17,18). The monoisotopic (exact) mass is 286 g/mol. The zero-order chi connectivity index (χ0) is 14.4. The molecule has 1 aromatic rings. The lowest BCUT2D eigenvalue weighted by Gasteiger charge is -2.25. The fourth-order valence-corrected chi connectivity index (χ4v) is 2.21. The number of aromatic nitrogens is 3. The predicted octanol–water partition coefficient (Wildman–Crippen LogP) is 3.26. The fraction of sp³-hybridized carbons (Fsp3) is 0.769. The van der Waals surface area contributed by atoms with Gasteiger partial charge in [0.1, 0.15) is 0 Å². The molecule has 6 heteroatoms. The van der Waals surface area contributed by atoms with Gasteiger partial charge in [0.15, 0.2) is 0 Å². The zero-order valence-corrected chi connectivity index (χ0v) is 13.0. The molecule has 0 aromatic carbocycles. The van der Waals surface area contributed by atoms with Crippen LogP contribution in [-0.2, 0) is 0 Å². The topological polar surface area (TPSA) is 59.9 Å². The van der Waals surface area contributed by atoms with Crippen molar-refractivity contribution in [1.29, 1.82) is 0 Å². The maximum Gasteiger partial charge on any atom is 0.322 e. The molecule has 1 N–H and O–H groups in total. The smallest absolute Gasteiger partial charge is 0.322 e. The number of nitrogens with zero attached hydrogens (tertiary/aromatic N) is 3. The number of hydrogen-bond acceptors (Lipinski definition) is 5. The van der Waals surface area contributed by atoms with Gasteiger partial charge < -0.3 is 10.1 Å². The summed E-state index contributed by atoms with van der Waals surface area (Å²) in [6.45, 7) is 12.1. The molecule has 108 valence electrons. The van der Waals surface area contributed by atoms with E-state index < -0.39 is 0 Å². The highest BCUT2D eigenvalue weighted by Gasteiger charge is 2.18. The number of anilines is 1. The fourth-order valence-electron chi connectivity index (χ4n) is 2.05. The minimum Gasteiger partial charge on any atom is -0.464 e. The largest absolute Gasteiger partial charge is 0.464 e. The molecule has 0 fully saturated rings. The first kappa shape index (κ1) is 16.0. The van der Waals surface area contributed by atoms with Crippen molar-refractivity contribution in [2.75, 3.05) is 18.5 Å². The highest BCUT2D eigenvalue weighted by atomic mass is 35.5. The third-order valence-electron chi connectivity index (χ3n) is 3.07. The summed E-state index contributed by atoms with van der Waals surface area (Å²) < 4.78 is 5.24. The summed E-state index contributed by atoms with van der Waals surface area (Å²) in [5.41, 5.74) is 0. The molecule has 0 saturated carbocycles. The lowest BCUT2D eigenvalue weighted by Crippen LogP contribution is -2.25. The Bertz CT molecular complexity index is 390. The molecular weight excluding hydrogens is 264 g/mol. The van der Waals surface area contributed by atoms with Crippen LogP contribution in [0.3, 0.4) is 0 Å². The van der Waals surface area contributed by atoms with Crippen LogP contribution in [0.4, 0.5) is 5.95 Å². The molecule has 5 nitrogen and oxygen atoms in total. The van der Waals surface area contributed by atoms with E-state index in [1.165, 1.54) is 0 Å². The lowest BCUT2D eigenvalue weighted by atomic mass is 9.85. The van der Waals surface area contributed by atoms with Crippen molar-refractivity contribution in [3.05, 3.63) is 5.28 Å². The van der Waals surface area contributed by atoms with Gasteiger partial charge in [-0.05, 0) is 36.3 Å². The molecule has 0 aliphatic rings. The number of rotatable bonds is 7. The average molecular weight is 287 g/mol. The third kappa shape index (κ3) is 5.19. The van der Waals surface area contributed by atoms with Gasteiger partial charge in [-0.15, -0.1) is 0 Å². The first-order valence-corrected chi connectivity index (χ1v) is 7.10. The van der Waals surface area contributed by atoms with E-state index in [1.54, 1.807) is 0 Å². The molecule has 0 amide bonds. The van der Waals surface area contributed by atoms with Crippen LogP contribution in [0.15, 0.2) is 0 Å². The summed E-state index contributed by atoms with van der Waals surface area (Å²) in [5.74, 6) is 2.20. The summed E-state index contributed by atoms with van der Waals surface area (Å²) >= 11 is 5.84. The van der Waals surface area contributed by atoms with Crippen molar-refractivity contribution in [3.8, 4) is 6.01 Å². The molecule has 1 heterocycles. The molecule has 0 radical (unpaired) electrons. The van der Waals surface area contributed by atoms with Gasteiger partial charge in [0.25, 0.3) is 0 Å². The minimum atomic E-state index is 0.145. The molecular formula is C13H23ClN4O. The van der Waals surface area contributed by atoms with E-state index in [1.807, 2.05) is 6.92 Å². The molecule has 0 saturated heterocycles. The Balaban J connectivity index is 2.71. The molecule has 0 bridgehead atoms. The Morgan fingerprint density at radius 3 is 2.26 bits per heavy atom. The van der Waals surface area contributed by atoms with Gasteiger partial charge in [-0.25, -0.2) is 0 Å². The minimum absolute atomic E-state index is 0.145. The van der Waals surface area contributed by atoms with Crippen molar-refractivity contribution in [2.24, 2.45) is 17.8 Å². The summed E-state index contributed by atoms with van der Waals surface area (Å²) in [6.07, 6.45) is 0. The van der Waals surface area contributed by atoms with E-state index in [9.17, 15) is 0 Å². The first-order valence-electron chi connectivity index (χ1n) is 6.72. The van der Waals surface area contributed by atoms with Gasteiger partial charge in [0.05, 0.1) is 6.61 Å². The van der Waals surface area contributed by atoms with Crippen LogP contribution < -0.4 is 10.1 Å². The summed E-state index contributed by atoms with van der Waals surface area (Å²) in [4.78, 5) is 12.1. The lowest BCUT2D eigenvalue weighted by molar-refractivity contribution is 0.302. The summed E-state index contributed by atoms with van der Waals surface area (Å²) in [6, 6.07) is 0.260. The van der Waals surface area contributed by atoms with Crippen LogP contribution >= 0.6 is 11.6 Å². The van der Waals surface area contributed by atoms with Crippen LogP contribution in [0.2, 0.25) is 5.28 Å². The summed E-state index contributed by atoms with van der Waals surface area (Å²) in [7, 11) is 0. The van der Waals surface area contributed by atoms with E-state index >= 15 is 0 Å². The number of nitrogens with one attached hydrogen (secondary N) is 1. The second kappa shape index (κ2) is 7.48. The van der Waals surface area contributed by atoms with E-state index in [0.29, 0.717) is 30.3 Å². The molecule has 0 aliphatic carbocycles. The first-order chi connectivity index (χ1) is 8.93. The molecule has 19 heavy (non-hydrogen) atoms. The normalized spacial score (nSPS) is 11.4. The van der Waals surface area contributed by atoms with Crippen molar-refractivity contribution in [2.45, 2.75) is 34.6 Å². The van der Waals surface area contributed by atoms with Crippen LogP contribution in [0, 0.1) is 17.8 Å². The maximum absolute atomic E-state index is 5.84. The third-order valence-corrected chi connectivity index (χ3v) is 3.24. The molecule has 1 aromatic heterocycles. The second-order valence-electron chi connectivity index (χ2n) is 5.18. The van der Waals surface area contributed by atoms with Crippen molar-refractivity contribution in [3.63, 3.8) is 0 Å². The highest BCUT2D eigenvalue weighted by molar-refractivity contribution is 6.28. The van der Waals surface area contributed by atoms with Crippen LogP contribution in [0.5, 0.6) is 6.01 Å². The Morgan fingerprint density at radius 2 is 1.74 bits per heavy atom. The SMILES string of the molecule is CCOc1nc(Cl)nc(NCC(C(C)C)C(C)C)n1. The predicted molar refractivity (Wildman–Crippen MR) is 77.7 cm³/mol. The van der Waals surface area contributed by atoms with E-state index in [-0.39, 0.29) is 11.3 Å². The second-order valence-corrected chi connectivity index (χ2v) is 5.51. The molecule has 0 aliphatic heterocycles. The zero-order valence-electron chi connectivity index (χ0n) is 12.3. The Labute approximate surface area is 120 Å². The van der Waals surface area contributed by atoms with Crippen molar-refractivity contribution >= 4 is 17.5 Å². The van der Waals surface area contributed by atoms with Crippen LogP contribution in [-0.4, -0.2) is 28.1 Å². The Morgan fingerprint density at radius 1 is 1.11 bits per heavy atom. The van der Waals surface area contributed by atoms with Crippen molar-refractivity contribution in [1.82, 2.24) is 15.0 Å². The molecule has 0 spiro atoms. The van der Waals surface area contributed by atoms with Gasteiger partial charge in [-0.1, -0.05) is 27.7 Å². The molecule has 0 atom stereocenters. The van der Waals surface area contributed by atoms with Gasteiger partial charge in [-0.2, -0.15) is 15.0 Å². The Kier molecular flexibility index (Phi) is 6.28. The maximum atomic E-state index is 5.84. The van der Waals surface area contributed by atoms with Gasteiger partial charge in [-0.3, -0.25) is 0 Å². The van der Waals surface area contributed by atoms with Gasteiger partial charge >= 0.3 is 6.01 Å². The highest BCUT2D eigenvalue weighted by Crippen LogP contribution is 2.21. The number of ether oxygens (including phenoxy) is 1. The van der Waals surface area contributed by atoms with Gasteiger partial charge in [0, 0.05) is 6.54 Å². The average Bonchev–Trinajstić information content (AvgIpc) is 2.27. The van der Waals surface area contributed by atoms with E-state index in [0.717, 1.165) is 6.54 Å². The van der Waals surface area contributed by atoms with E-state index in [4.69, 9.17) is 16.3 Å². The van der Waals surface area contributed by atoms with Crippen LogP contribution in [0.1, 0.15) is 34.6 Å². The number of hydrogen-bond donors (Lipinski definition) is 1. The number of halogens is 1. The van der Waals surface area contributed by atoms with Crippen LogP contribution in [0.25, 0.3) is 0 Å². The molecule has 1 rings (SSSR count). The quantitative estimate of drug-likeness (QED) is 0.833. The van der Waals surface area contributed by atoms with Gasteiger partial charge in [0.2, 0.25) is 11.2 Å².